The zero-order valence-corrected chi connectivity index (χ0v) is 9.01. The molecule has 2 aromatic rings. The highest BCUT2D eigenvalue weighted by Crippen LogP contribution is 2.18. The smallest absolute Gasteiger partial charge is 0.273 e. The number of nitrogens with zero attached hydrogens (tertiary/aromatic N) is 1. The molecule has 0 unspecified atom stereocenters. The van der Waals surface area contributed by atoms with Crippen LogP contribution in [0.3, 0.4) is 0 Å². The maximum Gasteiger partial charge on any atom is 0.273 e. The fraction of sp³-hybridized carbons (Fsp3) is 0.167. The number of H-pyrrole nitrogens is 1. The molecule has 0 fully saturated rings. The Labute approximate surface area is 97.3 Å². The number of aromatic amines is 1. The van der Waals surface area contributed by atoms with Crippen molar-refractivity contribution in [2.24, 2.45) is 10.7 Å². The predicted molar refractivity (Wildman–Crippen MR) is 63.1 cm³/mol. The van der Waals surface area contributed by atoms with Crippen LogP contribution >= 0.6 is 0 Å². The zero-order valence-electron chi connectivity index (χ0n) is 9.01. The van der Waals surface area contributed by atoms with E-state index in [1.165, 1.54) is 6.08 Å². The van der Waals surface area contributed by atoms with E-state index in [1.807, 2.05) is 30.5 Å². The van der Waals surface area contributed by atoms with E-state index in [4.69, 9.17) is 5.73 Å². The summed E-state index contributed by atoms with van der Waals surface area (Å²) >= 11 is 0. The first-order chi connectivity index (χ1) is 8.22. The largest absolute Gasteiger partial charge is 0.361 e. The molecule has 0 saturated heterocycles. The molecule has 5 heteroatoms. The second-order valence-electron chi connectivity index (χ2n) is 3.71. The molecule has 0 aliphatic carbocycles. The second kappa shape index (κ2) is 4.74. The highest BCUT2D eigenvalue weighted by molar-refractivity contribution is 5.88. The summed E-state index contributed by atoms with van der Waals surface area (Å²) in [5.41, 5.74) is 7.57. The predicted octanol–water partition coefficient (Wildman–Crippen LogP) is 0.900. The lowest BCUT2D eigenvalue weighted by Crippen LogP contribution is -2.31. The number of aromatic nitrogens is 1. The number of fused-ring (bicyclic) bond motifs is 1. The van der Waals surface area contributed by atoms with Crippen molar-refractivity contribution in [2.75, 3.05) is 0 Å². The number of nitrogens with one attached hydrogen (secondary N) is 1. The number of aliphatic imine (C=N–C) groups is 1. The number of para-hydroxylation sites is 1. The normalized spacial score (nSPS) is 12.1. The minimum Gasteiger partial charge on any atom is -0.361 e. The van der Waals surface area contributed by atoms with Crippen molar-refractivity contribution in [1.29, 1.82) is 0 Å². The topological polar surface area (TPSA) is 88.3 Å². The first kappa shape index (κ1) is 11.3. The van der Waals surface area contributed by atoms with E-state index < -0.39 is 11.9 Å². The van der Waals surface area contributed by atoms with Crippen LogP contribution in [0.2, 0.25) is 0 Å². The zero-order chi connectivity index (χ0) is 12.3. The summed E-state index contributed by atoms with van der Waals surface area (Å²) in [4.78, 5) is 27.3. The molecule has 1 amide bonds. The molecule has 0 aliphatic heterocycles. The Morgan fingerprint density at radius 2 is 2.24 bits per heavy atom. The molecule has 0 saturated carbocycles. The average Bonchev–Trinajstić information content (AvgIpc) is 2.73. The number of amides is 1. The number of carbonyl (C=O) groups is 1. The lowest BCUT2D eigenvalue weighted by Gasteiger charge is -2.04. The summed E-state index contributed by atoms with van der Waals surface area (Å²) in [7, 11) is 0. The first-order valence-corrected chi connectivity index (χ1v) is 5.14. The molecule has 1 atom stereocenters. The molecular weight excluding hydrogens is 218 g/mol. The number of rotatable bonds is 3. The second-order valence-corrected chi connectivity index (χ2v) is 3.71. The van der Waals surface area contributed by atoms with Gasteiger partial charge in [0.25, 0.3) is 5.91 Å². The van der Waals surface area contributed by atoms with Gasteiger partial charge in [-0.2, -0.15) is 0 Å². The molecule has 5 nitrogen and oxygen atoms in total. The van der Waals surface area contributed by atoms with Crippen LogP contribution in [0, 0.1) is 0 Å². The van der Waals surface area contributed by atoms with Crippen molar-refractivity contribution in [2.45, 2.75) is 12.5 Å². The molecule has 2 rings (SSSR count). The van der Waals surface area contributed by atoms with Gasteiger partial charge in [-0.05, 0) is 18.1 Å². The van der Waals surface area contributed by atoms with Gasteiger partial charge in [-0.15, -0.1) is 4.99 Å². The standard InChI is InChI=1S/C12H11N3O2/c13-10(12(17)15-7-16)5-8-6-14-11-4-2-1-3-9(8)11/h1-4,6,10,14H,5,13H2/t10-/m0/s1. The van der Waals surface area contributed by atoms with Crippen molar-refractivity contribution in [3.05, 3.63) is 36.0 Å². The number of carbonyl (C=O) groups excluding carboxylic acids is 2. The molecule has 0 spiro atoms. The summed E-state index contributed by atoms with van der Waals surface area (Å²) in [6, 6.07) is 6.91. The van der Waals surface area contributed by atoms with Gasteiger partial charge in [0.05, 0.1) is 6.04 Å². The van der Waals surface area contributed by atoms with E-state index in [0.717, 1.165) is 16.5 Å². The summed E-state index contributed by atoms with van der Waals surface area (Å²) in [5.74, 6) is -0.648. The van der Waals surface area contributed by atoms with Crippen LogP contribution in [0.25, 0.3) is 10.9 Å². The number of hydrogen-bond donors (Lipinski definition) is 2. The fourth-order valence-electron chi connectivity index (χ4n) is 1.75. The molecule has 0 radical (unpaired) electrons. The van der Waals surface area contributed by atoms with Crippen LogP contribution in [-0.2, 0) is 16.0 Å². The number of nitrogens with two attached hydrogens (primary N) is 1. The molecule has 3 N–H and O–H groups in total. The Bertz CT molecular complexity index is 597. The van der Waals surface area contributed by atoms with E-state index in [2.05, 4.69) is 9.98 Å². The van der Waals surface area contributed by atoms with Gasteiger partial charge in [-0.25, -0.2) is 4.79 Å². The van der Waals surface area contributed by atoms with Crippen LogP contribution in [0.4, 0.5) is 0 Å². The fourth-order valence-corrected chi connectivity index (χ4v) is 1.75. The number of isocyanates is 1. The molecule has 1 aromatic carbocycles. The molecule has 86 valence electrons. The van der Waals surface area contributed by atoms with Gasteiger partial charge < -0.3 is 10.7 Å². The molecule has 0 aliphatic rings. The lowest BCUT2D eigenvalue weighted by atomic mass is 10.1. The third-order valence-electron chi connectivity index (χ3n) is 2.59. The monoisotopic (exact) mass is 229 g/mol. The van der Waals surface area contributed by atoms with Crippen molar-refractivity contribution >= 4 is 22.9 Å². The summed E-state index contributed by atoms with van der Waals surface area (Å²) in [6.07, 6.45) is 3.35. The van der Waals surface area contributed by atoms with E-state index in [0.29, 0.717) is 6.42 Å². The molecule has 17 heavy (non-hydrogen) atoms. The summed E-state index contributed by atoms with van der Waals surface area (Å²) in [5, 5.41) is 1.02. The van der Waals surface area contributed by atoms with E-state index in [9.17, 15) is 9.59 Å². The van der Waals surface area contributed by atoms with Crippen molar-refractivity contribution in [3.63, 3.8) is 0 Å². The van der Waals surface area contributed by atoms with Crippen molar-refractivity contribution < 1.29 is 9.59 Å². The highest BCUT2D eigenvalue weighted by Gasteiger charge is 2.15. The third-order valence-corrected chi connectivity index (χ3v) is 2.59. The van der Waals surface area contributed by atoms with Gasteiger partial charge in [0.15, 0.2) is 0 Å². The number of benzene rings is 1. The molecular formula is C12H11N3O2. The van der Waals surface area contributed by atoms with Gasteiger partial charge in [0.1, 0.15) is 0 Å². The van der Waals surface area contributed by atoms with E-state index in [-0.39, 0.29) is 0 Å². The highest BCUT2D eigenvalue weighted by atomic mass is 16.2. The van der Waals surface area contributed by atoms with Crippen molar-refractivity contribution in [3.8, 4) is 0 Å². The lowest BCUT2D eigenvalue weighted by molar-refractivity contribution is -0.118. The van der Waals surface area contributed by atoms with Crippen LogP contribution in [0.15, 0.2) is 35.5 Å². The van der Waals surface area contributed by atoms with Gasteiger partial charge in [-0.3, -0.25) is 4.79 Å². The van der Waals surface area contributed by atoms with Crippen LogP contribution in [-0.4, -0.2) is 23.0 Å². The molecule has 0 bridgehead atoms. The first-order valence-electron chi connectivity index (χ1n) is 5.14. The van der Waals surface area contributed by atoms with E-state index >= 15 is 0 Å². The minimum absolute atomic E-state index is 0.341. The van der Waals surface area contributed by atoms with Crippen LogP contribution < -0.4 is 5.73 Å². The Hall–Kier alpha value is -2.23. The Morgan fingerprint density at radius 3 is 3.00 bits per heavy atom. The third kappa shape index (κ3) is 2.30. The summed E-state index contributed by atoms with van der Waals surface area (Å²) in [6.45, 7) is 0. The SMILES string of the molecule is N[C@@H](Cc1c[nH]c2ccccc12)C(=O)N=C=O. The van der Waals surface area contributed by atoms with Gasteiger partial charge in [0, 0.05) is 17.1 Å². The van der Waals surface area contributed by atoms with Crippen molar-refractivity contribution in [1.82, 2.24) is 4.98 Å². The van der Waals surface area contributed by atoms with E-state index in [1.54, 1.807) is 0 Å². The maximum atomic E-state index is 11.2. The van der Waals surface area contributed by atoms with Gasteiger partial charge in [0.2, 0.25) is 6.08 Å². The maximum absolute atomic E-state index is 11.2. The minimum atomic E-state index is -0.810. The Kier molecular flexibility index (Phi) is 3.14. The molecule has 1 aromatic heterocycles. The van der Waals surface area contributed by atoms with Crippen LogP contribution in [0.1, 0.15) is 5.56 Å². The Morgan fingerprint density at radius 1 is 1.47 bits per heavy atom. The van der Waals surface area contributed by atoms with Gasteiger partial charge >= 0.3 is 0 Å². The Balaban J connectivity index is 2.24. The number of hydrogen-bond acceptors (Lipinski definition) is 3. The summed E-state index contributed by atoms with van der Waals surface area (Å²) < 4.78 is 0. The average molecular weight is 229 g/mol. The molecule has 1 heterocycles. The quantitative estimate of drug-likeness (QED) is 0.605. The van der Waals surface area contributed by atoms with Crippen LogP contribution in [0.5, 0.6) is 0 Å². The van der Waals surface area contributed by atoms with Gasteiger partial charge in [-0.1, -0.05) is 18.2 Å².